The molecular weight excluding hydrogens is 402 g/mol. The molecule has 0 aliphatic carbocycles. The second-order valence-electron chi connectivity index (χ2n) is 7.14. The minimum atomic E-state index is -0.442. The summed E-state index contributed by atoms with van der Waals surface area (Å²) in [5.74, 6) is -0.155. The maximum absolute atomic E-state index is 13.3. The van der Waals surface area contributed by atoms with Crippen molar-refractivity contribution in [3.63, 3.8) is 0 Å². The van der Waals surface area contributed by atoms with E-state index in [4.69, 9.17) is 31.5 Å². The van der Waals surface area contributed by atoms with Gasteiger partial charge >= 0.3 is 0 Å². The predicted molar refractivity (Wildman–Crippen MR) is 116 cm³/mol. The van der Waals surface area contributed by atoms with Gasteiger partial charge in [0, 0.05) is 42.9 Å². The molecule has 0 radical (unpaired) electrons. The van der Waals surface area contributed by atoms with Gasteiger partial charge in [-0.3, -0.25) is 9.59 Å². The molecule has 0 fully saturated rings. The van der Waals surface area contributed by atoms with Gasteiger partial charge in [-0.25, -0.2) is 0 Å². The van der Waals surface area contributed by atoms with Crippen LogP contribution < -0.4 is 21.9 Å². The molecule has 1 heterocycles. The Morgan fingerprint density at radius 1 is 1.06 bits per heavy atom. The van der Waals surface area contributed by atoms with Gasteiger partial charge in [0.2, 0.25) is 5.91 Å². The standard InChI is InChI=1S/C22H25N3O6/c23-15-9-12(10-16(24)22(15)29)21(28)20-14-6-5-13(30-8-2-7-26)11-18(14)31-17(20)3-1-4-19(25)27/h5-6,9-11,26,29H,1-4,7-8,23-24H2,(H2,25,27). The van der Waals surface area contributed by atoms with Gasteiger partial charge in [-0.2, -0.15) is 0 Å². The van der Waals surface area contributed by atoms with Crippen LogP contribution in [0.15, 0.2) is 34.7 Å². The lowest BCUT2D eigenvalue weighted by Gasteiger charge is -2.08. The highest BCUT2D eigenvalue weighted by atomic mass is 16.5. The first kappa shape index (κ1) is 22.0. The number of phenolic OH excluding ortho intramolecular Hbond substituents is 1. The van der Waals surface area contributed by atoms with Gasteiger partial charge in [0.15, 0.2) is 11.5 Å². The molecule has 9 heteroatoms. The van der Waals surface area contributed by atoms with Gasteiger partial charge in [-0.05, 0) is 30.7 Å². The monoisotopic (exact) mass is 427 g/mol. The number of aromatic hydroxyl groups is 1. The van der Waals surface area contributed by atoms with E-state index < -0.39 is 5.91 Å². The molecule has 0 bridgehead atoms. The van der Waals surface area contributed by atoms with Gasteiger partial charge < -0.3 is 36.6 Å². The van der Waals surface area contributed by atoms with Crippen LogP contribution in [0.2, 0.25) is 0 Å². The SMILES string of the molecule is NC(=O)CCCc1oc2cc(OCCCO)ccc2c1C(=O)c1cc(N)c(O)c(N)c1. The maximum Gasteiger partial charge on any atom is 0.217 e. The zero-order valence-corrected chi connectivity index (χ0v) is 16.9. The Morgan fingerprint density at radius 3 is 2.42 bits per heavy atom. The first-order chi connectivity index (χ1) is 14.8. The van der Waals surface area contributed by atoms with E-state index in [-0.39, 0.29) is 41.5 Å². The minimum absolute atomic E-state index is 0.00833. The van der Waals surface area contributed by atoms with Gasteiger partial charge in [0.25, 0.3) is 0 Å². The van der Waals surface area contributed by atoms with E-state index in [9.17, 15) is 14.7 Å². The van der Waals surface area contributed by atoms with E-state index in [1.54, 1.807) is 18.2 Å². The van der Waals surface area contributed by atoms with E-state index in [0.717, 1.165) is 0 Å². The minimum Gasteiger partial charge on any atom is -0.504 e. The third kappa shape index (κ3) is 4.89. The molecule has 9 nitrogen and oxygen atoms in total. The highest BCUT2D eigenvalue weighted by Gasteiger charge is 2.23. The van der Waals surface area contributed by atoms with Crippen molar-refractivity contribution < 1.29 is 29.0 Å². The normalized spacial score (nSPS) is 11.0. The molecule has 31 heavy (non-hydrogen) atoms. The number of amides is 1. The van der Waals surface area contributed by atoms with Crippen molar-refractivity contribution in [1.29, 1.82) is 0 Å². The third-order valence-electron chi connectivity index (χ3n) is 4.79. The van der Waals surface area contributed by atoms with Crippen LogP contribution in [-0.4, -0.2) is 35.1 Å². The number of hydrogen-bond acceptors (Lipinski definition) is 8. The number of aliphatic hydroxyl groups excluding tert-OH is 1. The number of furan rings is 1. The highest BCUT2D eigenvalue weighted by Crippen LogP contribution is 2.35. The van der Waals surface area contributed by atoms with E-state index in [0.29, 0.717) is 53.9 Å². The first-order valence-corrected chi connectivity index (χ1v) is 9.81. The number of anilines is 2. The number of hydrogen-bond donors (Lipinski definition) is 5. The Kier molecular flexibility index (Phi) is 6.66. The van der Waals surface area contributed by atoms with Crippen LogP contribution in [0.25, 0.3) is 11.0 Å². The van der Waals surface area contributed by atoms with Crippen LogP contribution >= 0.6 is 0 Å². The van der Waals surface area contributed by atoms with Crippen LogP contribution in [0, 0.1) is 0 Å². The average molecular weight is 427 g/mol. The Bertz CT molecular complexity index is 1100. The van der Waals surface area contributed by atoms with Crippen molar-refractivity contribution in [2.75, 3.05) is 24.7 Å². The number of fused-ring (bicyclic) bond motifs is 1. The van der Waals surface area contributed by atoms with Crippen molar-refractivity contribution in [3.8, 4) is 11.5 Å². The molecule has 0 atom stereocenters. The molecule has 1 amide bonds. The number of benzene rings is 2. The zero-order valence-electron chi connectivity index (χ0n) is 16.9. The van der Waals surface area contributed by atoms with E-state index in [2.05, 4.69) is 0 Å². The molecule has 164 valence electrons. The summed E-state index contributed by atoms with van der Waals surface area (Å²) in [6.07, 6.45) is 1.37. The van der Waals surface area contributed by atoms with E-state index in [1.807, 2.05) is 0 Å². The summed E-state index contributed by atoms with van der Waals surface area (Å²) in [5, 5.41) is 19.3. The smallest absolute Gasteiger partial charge is 0.217 e. The van der Waals surface area contributed by atoms with Crippen molar-refractivity contribution in [3.05, 3.63) is 47.2 Å². The maximum atomic E-state index is 13.3. The average Bonchev–Trinajstić information content (AvgIpc) is 3.08. The second-order valence-corrected chi connectivity index (χ2v) is 7.14. The number of nitrogen functional groups attached to an aromatic ring is 2. The molecule has 8 N–H and O–H groups in total. The lowest BCUT2D eigenvalue weighted by molar-refractivity contribution is -0.118. The van der Waals surface area contributed by atoms with E-state index >= 15 is 0 Å². The number of ether oxygens (including phenoxy) is 1. The second kappa shape index (κ2) is 9.40. The summed E-state index contributed by atoms with van der Waals surface area (Å²) in [6.45, 7) is 0.358. The predicted octanol–water partition coefficient (Wildman–Crippen LogP) is 2.10. The fourth-order valence-corrected chi connectivity index (χ4v) is 3.28. The van der Waals surface area contributed by atoms with Crippen molar-refractivity contribution in [2.45, 2.75) is 25.7 Å². The van der Waals surface area contributed by atoms with Crippen molar-refractivity contribution in [2.24, 2.45) is 5.73 Å². The number of ketones is 1. The largest absolute Gasteiger partial charge is 0.504 e. The Hall–Kier alpha value is -3.72. The van der Waals surface area contributed by atoms with Crippen LogP contribution in [-0.2, 0) is 11.2 Å². The summed E-state index contributed by atoms with van der Waals surface area (Å²) >= 11 is 0. The van der Waals surface area contributed by atoms with Crippen LogP contribution in [0.4, 0.5) is 11.4 Å². The molecule has 0 aliphatic rings. The number of nitrogens with two attached hydrogens (primary N) is 3. The Balaban J connectivity index is 2.03. The lowest BCUT2D eigenvalue weighted by Crippen LogP contribution is -2.11. The lowest BCUT2D eigenvalue weighted by atomic mass is 9.97. The third-order valence-corrected chi connectivity index (χ3v) is 4.79. The number of phenols is 1. The van der Waals surface area contributed by atoms with Crippen molar-refractivity contribution in [1.82, 2.24) is 0 Å². The molecule has 0 spiro atoms. The zero-order chi connectivity index (χ0) is 22.5. The number of aliphatic hydroxyl groups is 1. The molecule has 3 aromatic rings. The number of rotatable bonds is 10. The van der Waals surface area contributed by atoms with Crippen LogP contribution in [0.3, 0.4) is 0 Å². The first-order valence-electron chi connectivity index (χ1n) is 9.81. The fourth-order valence-electron chi connectivity index (χ4n) is 3.28. The topological polar surface area (TPSA) is 175 Å². The summed E-state index contributed by atoms with van der Waals surface area (Å²) < 4.78 is 11.5. The Morgan fingerprint density at radius 2 is 1.77 bits per heavy atom. The van der Waals surface area contributed by atoms with Gasteiger partial charge in [-0.1, -0.05) is 0 Å². The summed E-state index contributed by atoms with van der Waals surface area (Å²) in [6, 6.07) is 7.79. The molecule has 2 aromatic carbocycles. The fraction of sp³-hybridized carbons (Fsp3) is 0.273. The molecule has 0 saturated carbocycles. The molecule has 0 aliphatic heterocycles. The van der Waals surface area contributed by atoms with Crippen molar-refractivity contribution >= 4 is 34.0 Å². The molecular formula is C22H25N3O6. The van der Waals surface area contributed by atoms with E-state index in [1.165, 1.54) is 12.1 Å². The molecule has 0 saturated heterocycles. The molecule has 1 aromatic heterocycles. The number of carbonyl (C=O) groups is 2. The van der Waals surface area contributed by atoms with Gasteiger partial charge in [0.05, 0.1) is 23.5 Å². The summed E-state index contributed by atoms with van der Waals surface area (Å²) in [4.78, 5) is 24.5. The molecule has 0 unspecified atom stereocenters. The number of carbonyl (C=O) groups excluding carboxylic acids is 2. The molecule has 3 rings (SSSR count). The highest BCUT2D eigenvalue weighted by molar-refractivity contribution is 6.17. The Labute approximate surface area is 178 Å². The quantitative estimate of drug-likeness (QED) is 0.141. The van der Waals surface area contributed by atoms with Gasteiger partial charge in [0.1, 0.15) is 17.1 Å². The number of primary amides is 1. The summed E-state index contributed by atoms with van der Waals surface area (Å²) in [5.41, 5.74) is 17.7. The van der Waals surface area contributed by atoms with Crippen LogP contribution in [0.5, 0.6) is 11.5 Å². The number of aryl methyl sites for hydroxylation is 1. The van der Waals surface area contributed by atoms with Gasteiger partial charge in [-0.15, -0.1) is 0 Å². The van der Waals surface area contributed by atoms with Crippen LogP contribution in [0.1, 0.15) is 40.9 Å². The summed E-state index contributed by atoms with van der Waals surface area (Å²) in [7, 11) is 0.